The first kappa shape index (κ1) is 12.5. The summed E-state index contributed by atoms with van der Waals surface area (Å²) in [6.07, 6.45) is 3.47. The SMILES string of the molecule is NCc1nc(C(=O)NCC2CCCCO2)cs1. The average molecular weight is 255 g/mol. The van der Waals surface area contributed by atoms with E-state index in [1.807, 2.05) is 0 Å². The average Bonchev–Trinajstić information content (AvgIpc) is 2.86. The topological polar surface area (TPSA) is 77.2 Å². The van der Waals surface area contributed by atoms with E-state index >= 15 is 0 Å². The largest absolute Gasteiger partial charge is 0.376 e. The Kier molecular flexibility index (Phi) is 4.47. The normalized spacial score (nSPS) is 20.2. The van der Waals surface area contributed by atoms with Crippen LogP contribution in [0.1, 0.15) is 34.8 Å². The quantitative estimate of drug-likeness (QED) is 0.838. The molecule has 1 amide bonds. The molecule has 1 aromatic rings. The molecule has 1 aromatic heterocycles. The van der Waals surface area contributed by atoms with Crippen LogP contribution in [-0.4, -0.2) is 30.1 Å². The molecule has 0 aliphatic carbocycles. The van der Waals surface area contributed by atoms with Gasteiger partial charge in [0.15, 0.2) is 0 Å². The first-order valence-electron chi connectivity index (χ1n) is 5.84. The van der Waals surface area contributed by atoms with Crippen LogP contribution in [0.3, 0.4) is 0 Å². The minimum absolute atomic E-state index is 0.143. The molecule has 2 heterocycles. The highest BCUT2D eigenvalue weighted by molar-refractivity contribution is 7.09. The van der Waals surface area contributed by atoms with Crippen LogP contribution >= 0.6 is 11.3 Å². The fourth-order valence-corrected chi connectivity index (χ4v) is 2.43. The van der Waals surface area contributed by atoms with Crippen molar-refractivity contribution in [3.05, 3.63) is 16.1 Å². The van der Waals surface area contributed by atoms with Crippen molar-refractivity contribution in [2.24, 2.45) is 5.73 Å². The van der Waals surface area contributed by atoms with Crippen molar-refractivity contribution in [1.82, 2.24) is 10.3 Å². The summed E-state index contributed by atoms with van der Waals surface area (Å²) in [5, 5.41) is 5.36. The number of amides is 1. The smallest absolute Gasteiger partial charge is 0.270 e. The summed E-state index contributed by atoms with van der Waals surface area (Å²) in [4.78, 5) is 15.9. The highest BCUT2D eigenvalue weighted by Gasteiger charge is 2.16. The number of aromatic nitrogens is 1. The Hall–Kier alpha value is -0.980. The van der Waals surface area contributed by atoms with Gasteiger partial charge in [0.1, 0.15) is 10.7 Å². The van der Waals surface area contributed by atoms with Crippen LogP contribution in [0.4, 0.5) is 0 Å². The van der Waals surface area contributed by atoms with Crippen molar-refractivity contribution in [2.75, 3.05) is 13.2 Å². The van der Waals surface area contributed by atoms with Gasteiger partial charge in [-0.15, -0.1) is 11.3 Å². The minimum Gasteiger partial charge on any atom is -0.376 e. The molecular weight excluding hydrogens is 238 g/mol. The number of nitrogens with zero attached hydrogens (tertiary/aromatic N) is 1. The van der Waals surface area contributed by atoms with Gasteiger partial charge in [0.25, 0.3) is 5.91 Å². The molecule has 0 bridgehead atoms. The Balaban J connectivity index is 1.80. The van der Waals surface area contributed by atoms with Crippen LogP contribution < -0.4 is 11.1 Å². The van der Waals surface area contributed by atoms with Crippen molar-refractivity contribution >= 4 is 17.2 Å². The van der Waals surface area contributed by atoms with E-state index in [-0.39, 0.29) is 12.0 Å². The third-order valence-electron chi connectivity index (χ3n) is 2.72. The third kappa shape index (κ3) is 3.49. The first-order valence-corrected chi connectivity index (χ1v) is 6.72. The van der Waals surface area contributed by atoms with Crippen LogP contribution in [0.2, 0.25) is 0 Å². The van der Waals surface area contributed by atoms with Crippen molar-refractivity contribution in [2.45, 2.75) is 31.9 Å². The first-order chi connectivity index (χ1) is 8.29. The van der Waals surface area contributed by atoms with Crippen molar-refractivity contribution < 1.29 is 9.53 Å². The molecule has 94 valence electrons. The zero-order valence-corrected chi connectivity index (χ0v) is 10.5. The molecule has 5 nitrogen and oxygen atoms in total. The molecule has 0 spiro atoms. The Labute approximate surface area is 104 Å². The van der Waals surface area contributed by atoms with E-state index in [0.29, 0.717) is 18.8 Å². The molecule has 6 heteroatoms. The second kappa shape index (κ2) is 6.09. The number of nitrogens with two attached hydrogens (primary N) is 1. The Bertz CT molecular complexity index is 375. The molecule has 2 rings (SSSR count). The number of hydrogen-bond acceptors (Lipinski definition) is 5. The Morgan fingerprint density at radius 1 is 1.65 bits per heavy atom. The standard InChI is InChI=1S/C11H17N3O2S/c12-5-10-14-9(7-17-10)11(15)13-6-8-3-1-2-4-16-8/h7-8H,1-6,12H2,(H,13,15). The summed E-state index contributed by atoms with van der Waals surface area (Å²) in [5.41, 5.74) is 5.90. The summed E-state index contributed by atoms with van der Waals surface area (Å²) in [5.74, 6) is -0.143. The van der Waals surface area contributed by atoms with Crippen LogP contribution in [0.15, 0.2) is 5.38 Å². The van der Waals surface area contributed by atoms with E-state index in [1.165, 1.54) is 17.8 Å². The minimum atomic E-state index is -0.143. The highest BCUT2D eigenvalue weighted by atomic mass is 32.1. The number of carbonyl (C=O) groups excluding carboxylic acids is 1. The number of rotatable bonds is 4. The molecule has 0 aromatic carbocycles. The Morgan fingerprint density at radius 3 is 3.18 bits per heavy atom. The number of nitrogens with one attached hydrogen (secondary N) is 1. The second-order valence-electron chi connectivity index (χ2n) is 4.03. The number of thiazole rings is 1. The lowest BCUT2D eigenvalue weighted by Gasteiger charge is -2.22. The molecular formula is C11H17N3O2S. The van der Waals surface area contributed by atoms with Gasteiger partial charge >= 0.3 is 0 Å². The molecule has 1 fully saturated rings. The van der Waals surface area contributed by atoms with Gasteiger partial charge in [-0.1, -0.05) is 0 Å². The number of hydrogen-bond donors (Lipinski definition) is 2. The summed E-state index contributed by atoms with van der Waals surface area (Å²) in [6.45, 7) is 1.74. The molecule has 1 saturated heterocycles. The zero-order chi connectivity index (χ0) is 12.1. The summed E-state index contributed by atoms with van der Waals surface area (Å²) in [7, 11) is 0. The van der Waals surface area contributed by atoms with E-state index in [2.05, 4.69) is 10.3 Å². The monoisotopic (exact) mass is 255 g/mol. The molecule has 1 atom stereocenters. The molecule has 1 unspecified atom stereocenters. The van der Waals surface area contributed by atoms with Gasteiger partial charge in [-0.3, -0.25) is 4.79 Å². The fourth-order valence-electron chi connectivity index (χ4n) is 1.77. The lowest BCUT2D eigenvalue weighted by molar-refractivity contribution is 0.0168. The van der Waals surface area contributed by atoms with Gasteiger partial charge in [0, 0.05) is 25.1 Å². The van der Waals surface area contributed by atoms with Gasteiger partial charge in [0.2, 0.25) is 0 Å². The van der Waals surface area contributed by atoms with E-state index in [1.54, 1.807) is 5.38 Å². The van der Waals surface area contributed by atoms with Crippen LogP contribution in [0, 0.1) is 0 Å². The van der Waals surface area contributed by atoms with Gasteiger partial charge in [-0.2, -0.15) is 0 Å². The molecule has 1 aliphatic heterocycles. The molecule has 17 heavy (non-hydrogen) atoms. The summed E-state index contributed by atoms with van der Waals surface area (Å²) in [6, 6.07) is 0. The molecule has 3 N–H and O–H groups in total. The summed E-state index contributed by atoms with van der Waals surface area (Å²) < 4.78 is 5.54. The lowest BCUT2D eigenvalue weighted by atomic mass is 10.1. The zero-order valence-electron chi connectivity index (χ0n) is 9.65. The van der Waals surface area contributed by atoms with Gasteiger partial charge in [0.05, 0.1) is 6.10 Å². The van der Waals surface area contributed by atoms with E-state index < -0.39 is 0 Å². The van der Waals surface area contributed by atoms with Gasteiger partial charge < -0.3 is 15.8 Å². The van der Waals surface area contributed by atoms with Crippen LogP contribution in [0.25, 0.3) is 0 Å². The molecule has 0 radical (unpaired) electrons. The predicted molar refractivity (Wildman–Crippen MR) is 65.9 cm³/mol. The van der Waals surface area contributed by atoms with Crippen molar-refractivity contribution in [3.8, 4) is 0 Å². The molecule has 0 saturated carbocycles. The maximum Gasteiger partial charge on any atom is 0.270 e. The maximum absolute atomic E-state index is 11.8. The predicted octanol–water partition coefficient (Wildman–Crippen LogP) is 0.901. The van der Waals surface area contributed by atoms with E-state index in [9.17, 15) is 4.79 Å². The fraction of sp³-hybridized carbons (Fsp3) is 0.636. The van der Waals surface area contributed by atoms with Crippen molar-refractivity contribution in [1.29, 1.82) is 0 Å². The lowest BCUT2D eigenvalue weighted by Crippen LogP contribution is -2.35. The van der Waals surface area contributed by atoms with Crippen LogP contribution in [-0.2, 0) is 11.3 Å². The maximum atomic E-state index is 11.8. The van der Waals surface area contributed by atoms with E-state index in [4.69, 9.17) is 10.5 Å². The number of ether oxygens (including phenoxy) is 1. The van der Waals surface area contributed by atoms with Crippen LogP contribution in [0.5, 0.6) is 0 Å². The van der Waals surface area contributed by atoms with Gasteiger partial charge in [-0.25, -0.2) is 4.98 Å². The Morgan fingerprint density at radius 2 is 2.53 bits per heavy atom. The second-order valence-corrected chi connectivity index (χ2v) is 4.97. The van der Waals surface area contributed by atoms with Crippen molar-refractivity contribution in [3.63, 3.8) is 0 Å². The number of carbonyl (C=O) groups is 1. The molecule has 1 aliphatic rings. The third-order valence-corrected chi connectivity index (χ3v) is 3.59. The highest BCUT2D eigenvalue weighted by Crippen LogP contribution is 2.12. The summed E-state index contributed by atoms with van der Waals surface area (Å²) >= 11 is 1.41. The van der Waals surface area contributed by atoms with Gasteiger partial charge in [-0.05, 0) is 19.3 Å². The van der Waals surface area contributed by atoms with E-state index in [0.717, 1.165) is 24.5 Å².